The van der Waals surface area contributed by atoms with Gasteiger partial charge in [0.15, 0.2) is 11.3 Å². The average Bonchev–Trinajstić information content (AvgIpc) is 4.14. The van der Waals surface area contributed by atoms with Gasteiger partial charge in [0, 0.05) is 31.9 Å². The summed E-state index contributed by atoms with van der Waals surface area (Å²) in [6.45, 7) is 5.41. The van der Waals surface area contributed by atoms with E-state index in [2.05, 4.69) is 29.1 Å². The van der Waals surface area contributed by atoms with Crippen molar-refractivity contribution in [2.45, 2.75) is 109 Å². The molecule has 0 aromatic carbocycles. The van der Waals surface area contributed by atoms with E-state index >= 15 is 0 Å². The highest BCUT2D eigenvalue weighted by Crippen LogP contribution is 2.51. The number of carbonyl (C=O) groups excluding carboxylic acids is 3. The van der Waals surface area contributed by atoms with Gasteiger partial charge in [-0.1, -0.05) is 23.2 Å². The number of ketones is 1. The molecule has 310 valence electrons. The normalized spacial score (nSPS) is 18.9. The van der Waals surface area contributed by atoms with Gasteiger partial charge in [-0.25, -0.2) is 19.9 Å². The first-order chi connectivity index (χ1) is 29.0. The van der Waals surface area contributed by atoms with E-state index in [-0.39, 0.29) is 35.5 Å². The van der Waals surface area contributed by atoms with Gasteiger partial charge < -0.3 is 28.8 Å². The number of imidazole rings is 2. The van der Waals surface area contributed by atoms with E-state index < -0.39 is 0 Å². The molecule has 0 spiro atoms. The highest BCUT2D eigenvalue weighted by Gasteiger charge is 2.47. The molecule has 2 aliphatic carbocycles. The Bertz CT molecular complexity index is 2620. The first-order valence-electron chi connectivity index (χ1n) is 20.8. The van der Waals surface area contributed by atoms with E-state index in [1.807, 2.05) is 29.2 Å². The van der Waals surface area contributed by atoms with Gasteiger partial charge in [-0.3, -0.25) is 19.6 Å². The van der Waals surface area contributed by atoms with Gasteiger partial charge in [-0.05, 0) is 118 Å². The molecule has 16 heteroatoms. The Kier molecular flexibility index (Phi) is 11.1. The van der Waals surface area contributed by atoms with E-state index in [0.717, 1.165) is 77.3 Å². The Morgan fingerprint density at radius 2 is 1.18 bits per heavy atom. The number of Topliss-reactive ketones (excluding diaryl/α,β-unsaturated/α-hetero) is 1. The number of carbonyl (C=O) groups is 3. The van der Waals surface area contributed by atoms with E-state index in [0.29, 0.717) is 78.9 Å². The van der Waals surface area contributed by atoms with Crippen LogP contribution in [0.5, 0.6) is 0 Å². The van der Waals surface area contributed by atoms with Crippen molar-refractivity contribution in [3.8, 4) is 0 Å². The summed E-state index contributed by atoms with van der Waals surface area (Å²) in [6.07, 6.45) is 13.8. The third-order valence-corrected chi connectivity index (χ3v) is 12.4. The molecule has 1 N–H and O–H groups in total. The molecule has 4 aliphatic rings. The summed E-state index contributed by atoms with van der Waals surface area (Å²) in [5.74, 6) is 2.64. The minimum Gasteiger partial charge on any atom is -0.393 e. The SMILES string of the molecule is CC(=O)CCCn1c(CN2C(=O)C(C3CC3)c3ccncc32)nc2nc(Cl)ccc21.CC(O)CCCn1c(CN2C(=O)C(C3CC3)c3ccncc32)nc2nc(Cl)ccc21. The fraction of sp³-hybridized carbons (Fsp3) is 0.432. The standard InChI is InChI=1S/C22H24ClN5O2.C22H22ClN5O2/c2*1-13(29)3-2-10-27-16-6-7-18(23)25-21(16)26-19(27)12-28-17-11-24-9-8-15(17)20(22(28)30)14-4-5-14/h6-9,11,13-14,20,29H,2-5,10,12H2,1H3;6-9,11,14,20H,2-5,10,12H2,1H3. The predicted molar refractivity (Wildman–Crippen MR) is 228 cm³/mol. The van der Waals surface area contributed by atoms with E-state index in [1.54, 1.807) is 55.7 Å². The number of aromatic nitrogens is 8. The number of fused-ring (bicyclic) bond motifs is 4. The number of hydrogen-bond acceptors (Lipinski definition) is 10. The highest BCUT2D eigenvalue weighted by molar-refractivity contribution is 6.30. The molecular weight excluding hydrogens is 803 g/mol. The fourth-order valence-electron chi connectivity index (χ4n) is 8.83. The van der Waals surface area contributed by atoms with Crippen LogP contribution in [0.25, 0.3) is 22.3 Å². The van der Waals surface area contributed by atoms with Crippen LogP contribution < -0.4 is 9.80 Å². The van der Waals surface area contributed by atoms with Crippen LogP contribution >= 0.6 is 23.2 Å². The molecule has 0 radical (unpaired) electrons. The quantitative estimate of drug-likeness (QED) is 0.108. The lowest BCUT2D eigenvalue weighted by Crippen LogP contribution is -2.30. The molecule has 3 unspecified atom stereocenters. The van der Waals surface area contributed by atoms with Gasteiger partial charge in [-0.15, -0.1) is 0 Å². The molecule has 6 aromatic rings. The lowest BCUT2D eigenvalue weighted by atomic mass is 9.97. The summed E-state index contributed by atoms with van der Waals surface area (Å²) >= 11 is 12.2. The Hall–Kier alpha value is -5.31. The van der Waals surface area contributed by atoms with Gasteiger partial charge >= 0.3 is 0 Å². The predicted octanol–water partition coefficient (Wildman–Crippen LogP) is 7.57. The number of aryl methyl sites for hydroxylation is 2. The third kappa shape index (κ3) is 8.00. The monoisotopic (exact) mass is 848 g/mol. The topological polar surface area (TPSA) is 165 Å². The molecule has 2 aliphatic heterocycles. The molecule has 14 nitrogen and oxygen atoms in total. The van der Waals surface area contributed by atoms with Gasteiger partial charge in [0.2, 0.25) is 11.8 Å². The number of anilines is 2. The summed E-state index contributed by atoms with van der Waals surface area (Å²) in [7, 11) is 0. The number of rotatable bonds is 14. The Labute approximate surface area is 357 Å². The second-order valence-corrected chi connectivity index (χ2v) is 17.2. The van der Waals surface area contributed by atoms with Crippen molar-refractivity contribution in [3.05, 3.63) is 94.3 Å². The number of hydrogen-bond donors (Lipinski definition) is 1. The largest absolute Gasteiger partial charge is 0.393 e. The van der Waals surface area contributed by atoms with E-state index in [1.165, 1.54) is 0 Å². The molecule has 6 aromatic heterocycles. The van der Waals surface area contributed by atoms with Crippen molar-refractivity contribution in [3.63, 3.8) is 0 Å². The zero-order chi connectivity index (χ0) is 41.7. The summed E-state index contributed by atoms with van der Waals surface area (Å²) in [4.78, 5) is 68.3. The van der Waals surface area contributed by atoms with Gasteiger partial charge in [0.25, 0.3) is 0 Å². The Morgan fingerprint density at radius 1 is 0.717 bits per heavy atom. The van der Waals surface area contributed by atoms with Crippen LogP contribution in [0.1, 0.15) is 99.8 Å². The number of pyridine rings is 4. The summed E-state index contributed by atoms with van der Waals surface area (Å²) in [6, 6.07) is 11.2. The number of halogens is 2. The minimum atomic E-state index is -0.354. The number of amides is 2. The first kappa shape index (κ1) is 40.1. The van der Waals surface area contributed by atoms with Gasteiger partial charge in [0.1, 0.15) is 27.7 Å². The van der Waals surface area contributed by atoms with Crippen LogP contribution in [0.3, 0.4) is 0 Å². The fourth-order valence-corrected chi connectivity index (χ4v) is 9.11. The zero-order valence-corrected chi connectivity index (χ0v) is 35.1. The third-order valence-electron chi connectivity index (χ3n) is 12.0. The van der Waals surface area contributed by atoms with Crippen LogP contribution in [0.4, 0.5) is 11.4 Å². The summed E-state index contributed by atoms with van der Waals surface area (Å²) in [5.41, 5.74) is 6.77. The molecule has 8 heterocycles. The maximum Gasteiger partial charge on any atom is 0.235 e. The average molecular weight is 850 g/mol. The van der Waals surface area contributed by atoms with Crippen LogP contribution in [0.2, 0.25) is 10.3 Å². The molecule has 60 heavy (non-hydrogen) atoms. The molecular formula is C44H46Cl2N10O4. The molecule has 0 bridgehead atoms. The molecule has 0 saturated heterocycles. The molecule has 3 atom stereocenters. The second-order valence-electron chi connectivity index (χ2n) is 16.5. The smallest absolute Gasteiger partial charge is 0.235 e. The Balaban J connectivity index is 0.000000154. The maximum absolute atomic E-state index is 13.3. The van der Waals surface area contributed by atoms with Crippen molar-refractivity contribution >= 4 is 74.5 Å². The van der Waals surface area contributed by atoms with E-state index in [4.69, 9.17) is 33.2 Å². The number of aliphatic hydroxyl groups is 1. The first-order valence-corrected chi connectivity index (χ1v) is 21.5. The summed E-state index contributed by atoms with van der Waals surface area (Å²) in [5, 5.41) is 10.4. The zero-order valence-electron chi connectivity index (χ0n) is 33.5. The van der Waals surface area contributed by atoms with Crippen molar-refractivity contribution in [1.29, 1.82) is 0 Å². The van der Waals surface area contributed by atoms with Crippen LogP contribution in [0.15, 0.2) is 61.2 Å². The van der Waals surface area contributed by atoms with Crippen molar-refractivity contribution in [1.82, 2.24) is 39.0 Å². The molecule has 2 saturated carbocycles. The number of nitrogens with zero attached hydrogens (tertiary/aromatic N) is 10. The van der Waals surface area contributed by atoms with Crippen LogP contribution in [0, 0.1) is 11.8 Å². The molecule has 2 amide bonds. The van der Waals surface area contributed by atoms with E-state index in [9.17, 15) is 19.5 Å². The van der Waals surface area contributed by atoms with Crippen LogP contribution in [-0.2, 0) is 40.6 Å². The minimum absolute atomic E-state index is 0.0661. The van der Waals surface area contributed by atoms with Gasteiger partial charge in [-0.2, -0.15) is 0 Å². The Morgan fingerprint density at radius 3 is 1.62 bits per heavy atom. The maximum atomic E-state index is 13.3. The lowest BCUT2D eigenvalue weighted by Gasteiger charge is -2.19. The van der Waals surface area contributed by atoms with Crippen molar-refractivity contribution in [2.24, 2.45) is 11.8 Å². The lowest BCUT2D eigenvalue weighted by molar-refractivity contribution is -0.120. The number of aliphatic hydroxyl groups excluding tert-OH is 1. The van der Waals surface area contributed by atoms with Crippen LogP contribution in [-0.4, -0.2) is 67.8 Å². The van der Waals surface area contributed by atoms with Crippen molar-refractivity contribution < 1.29 is 19.5 Å². The molecule has 10 rings (SSSR count). The summed E-state index contributed by atoms with van der Waals surface area (Å²) < 4.78 is 4.14. The highest BCUT2D eigenvalue weighted by atomic mass is 35.5. The van der Waals surface area contributed by atoms with Crippen molar-refractivity contribution in [2.75, 3.05) is 9.80 Å². The van der Waals surface area contributed by atoms with Gasteiger partial charge in [0.05, 0.1) is 65.8 Å². The second kappa shape index (κ2) is 16.6. The molecule has 2 fully saturated rings.